The van der Waals surface area contributed by atoms with Crippen LogP contribution in [0.4, 0.5) is 0 Å². The van der Waals surface area contributed by atoms with Crippen LogP contribution in [0.5, 0.6) is 0 Å². The van der Waals surface area contributed by atoms with Crippen molar-refractivity contribution in [3.63, 3.8) is 0 Å². The normalized spacial score (nSPS) is 18.5. The van der Waals surface area contributed by atoms with E-state index in [1.165, 1.54) is 19.3 Å². The number of carboxylic acids is 1. The molecule has 0 unspecified atom stereocenters. The van der Waals surface area contributed by atoms with Crippen LogP contribution in [0.1, 0.15) is 58.3 Å². The first kappa shape index (κ1) is 12.5. The Morgan fingerprint density at radius 2 is 2.07 bits per heavy atom. The van der Waals surface area contributed by atoms with Crippen molar-refractivity contribution in [1.29, 1.82) is 0 Å². The van der Waals surface area contributed by atoms with Crippen LogP contribution >= 0.6 is 0 Å². The van der Waals surface area contributed by atoms with Gasteiger partial charge in [-0.15, -0.1) is 0 Å². The first-order chi connectivity index (χ1) is 7.18. The van der Waals surface area contributed by atoms with Crippen LogP contribution in [0.3, 0.4) is 0 Å². The molecule has 0 bridgehead atoms. The average Bonchev–Trinajstić information content (AvgIpc) is 2.12. The van der Waals surface area contributed by atoms with Gasteiger partial charge in [-0.1, -0.05) is 26.2 Å². The molecule has 88 valence electrons. The average molecular weight is 214 g/mol. The summed E-state index contributed by atoms with van der Waals surface area (Å²) in [6.45, 7) is 2.91. The lowest BCUT2D eigenvalue weighted by Crippen LogP contribution is -2.42. The summed E-state index contributed by atoms with van der Waals surface area (Å²) in [6, 6.07) is 0. The lowest BCUT2D eigenvalue weighted by Gasteiger charge is -2.40. The van der Waals surface area contributed by atoms with Crippen molar-refractivity contribution in [2.75, 3.05) is 6.61 Å². The summed E-state index contributed by atoms with van der Waals surface area (Å²) >= 11 is 0. The number of hydrogen-bond acceptors (Lipinski definition) is 2. The van der Waals surface area contributed by atoms with Crippen LogP contribution in [0.2, 0.25) is 0 Å². The van der Waals surface area contributed by atoms with Crippen LogP contribution < -0.4 is 0 Å². The van der Waals surface area contributed by atoms with Gasteiger partial charge in [0.25, 0.3) is 0 Å². The summed E-state index contributed by atoms with van der Waals surface area (Å²) in [6.07, 6.45) is 7.87. The molecule has 1 N–H and O–H groups in total. The fourth-order valence-corrected chi connectivity index (χ4v) is 2.04. The summed E-state index contributed by atoms with van der Waals surface area (Å²) < 4.78 is 5.74. The Bertz CT molecular complexity index is 197. The van der Waals surface area contributed by atoms with E-state index in [4.69, 9.17) is 9.84 Å². The number of ether oxygens (including phenoxy) is 1. The number of hydrogen-bond donors (Lipinski definition) is 1. The summed E-state index contributed by atoms with van der Waals surface area (Å²) in [4.78, 5) is 10.7. The molecular weight excluding hydrogens is 192 g/mol. The van der Waals surface area contributed by atoms with Gasteiger partial charge in [-0.05, 0) is 25.7 Å². The van der Waals surface area contributed by atoms with Crippen molar-refractivity contribution in [2.24, 2.45) is 0 Å². The van der Waals surface area contributed by atoms with Crippen molar-refractivity contribution < 1.29 is 14.6 Å². The van der Waals surface area contributed by atoms with Crippen LogP contribution in [0.25, 0.3) is 0 Å². The fourth-order valence-electron chi connectivity index (χ4n) is 2.04. The molecule has 0 aliphatic heterocycles. The van der Waals surface area contributed by atoms with Gasteiger partial charge < -0.3 is 9.84 Å². The maximum atomic E-state index is 10.7. The van der Waals surface area contributed by atoms with E-state index in [-0.39, 0.29) is 12.0 Å². The van der Waals surface area contributed by atoms with Gasteiger partial charge in [-0.3, -0.25) is 4.79 Å². The molecular formula is C12H22O3. The maximum absolute atomic E-state index is 10.7. The van der Waals surface area contributed by atoms with Crippen LogP contribution in [0.15, 0.2) is 0 Å². The molecule has 1 saturated carbocycles. The number of carbonyl (C=O) groups is 1. The molecule has 0 spiro atoms. The van der Waals surface area contributed by atoms with Gasteiger partial charge >= 0.3 is 5.97 Å². The Balaban J connectivity index is 2.13. The quantitative estimate of drug-likeness (QED) is 0.632. The first-order valence-electron chi connectivity index (χ1n) is 6.04. The molecule has 1 aliphatic rings. The van der Waals surface area contributed by atoms with Gasteiger partial charge in [0.05, 0.1) is 12.0 Å². The van der Waals surface area contributed by atoms with Crippen LogP contribution in [-0.4, -0.2) is 23.3 Å². The molecule has 1 fully saturated rings. The highest BCUT2D eigenvalue weighted by atomic mass is 16.5. The van der Waals surface area contributed by atoms with E-state index in [1.54, 1.807) is 0 Å². The standard InChI is InChI=1S/C12H22O3/c1-2-3-4-5-9-15-12(7-6-8-12)10-11(13)14/h2-10H2,1H3,(H,13,14). The third kappa shape index (κ3) is 4.20. The van der Waals surface area contributed by atoms with Crippen molar-refractivity contribution in [3.8, 4) is 0 Å². The predicted molar refractivity (Wildman–Crippen MR) is 58.9 cm³/mol. The Kier molecular flexibility index (Phi) is 5.09. The Hall–Kier alpha value is -0.570. The SMILES string of the molecule is CCCCCCOC1(CC(=O)O)CCC1. The number of aliphatic carboxylic acids is 1. The number of carboxylic acid groups (broad SMARTS) is 1. The smallest absolute Gasteiger partial charge is 0.306 e. The molecule has 1 rings (SSSR count). The highest BCUT2D eigenvalue weighted by Gasteiger charge is 2.39. The second-order valence-corrected chi connectivity index (χ2v) is 4.52. The van der Waals surface area contributed by atoms with Gasteiger partial charge in [0, 0.05) is 6.61 Å². The lowest BCUT2D eigenvalue weighted by atomic mass is 9.77. The zero-order chi connectivity index (χ0) is 11.1. The lowest BCUT2D eigenvalue weighted by molar-refractivity contribution is -0.154. The van der Waals surface area contributed by atoms with Crippen molar-refractivity contribution in [3.05, 3.63) is 0 Å². The van der Waals surface area contributed by atoms with Gasteiger partial charge in [0.1, 0.15) is 0 Å². The molecule has 0 atom stereocenters. The van der Waals surface area contributed by atoms with Crippen LogP contribution in [0, 0.1) is 0 Å². The molecule has 0 aromatic heterocycles. The Labute approximate surface area is 91.8 Å². The molecule has 3 heteroatoms. The summed E-state index contributed by atoms with van der Waals surface area (Å²) in [5, 5.41) is 8.77. The first-order valence-corrected chi connectivity index (χ1v) is 6.04. The minimum absolute atomic E-state index is 0.181. The summed E-state index contributed by atoms with van der Waals surface area (Å²) in [7, 11) is 0. The molecule has 0 aromatic carbocycles. The second kappa shape index (κ2) is 6.11. The Morgan fingerprint density at radius 1 is 1.33 bits per heavy atom. The topological polar surface area (TPSA) is 46.5 Å². The molecule has 0 heterocycles. The highest BCUT2D eigenvalue weighted by molar-refractivity contribution is 5.68. The van der Waals surface area contributed by atoms with Crippen molar-refractivity contribution >= 4 is 5.97 Å². The van der Waals surface area contributed by atoms with E-state index in [0.29, 0.717) is 0 Å². The molecule has 0 saturated heterocycles. The molecule has 0 amide bonds. The zero-order valence-corrected chi connectivity index (χ0v) is 9.63. The van der Waals surface area contributed by atoms with Gasteiger partial charge in [-0.25, -0.2) is 0 Å². The molecule has 15 heavy (non-hydrogen) atoms. The van der Waals surface area contributed by atoms with E-state index in [2.05, 4.69) is 6.92 Å². The maximum Gasteiger partial charge on any atom is 0.306 e. The van der Waals surface area contributed by atoms with Crippen molar-refractivity contribution in [2.45, 2.75) is 63.9 Å². The summed E-state index contributed by atoms with van der Waals surface area (Å²) in [5.74, 6) is -0.733. The largest absolute Gasteiger partial charge is 0.481 e. The fraction of sp³-hybridized carbons (Fsp3) is 0.917. The number of unbranched alkanes of at least 4 members (excludes halogenated alkanes) is 3. The van der Waals surface area contributed by atoms with Crippen LogP contribution in [-0.2, 0) is 9.53 Å². The third-order valence-corrected chi connectivity index (χ3v) is 3.14. The van der Waals surface area contributed by atoms with E-state index in [0.717, 1.165) is 32.3 Å². The molecule has 0 radical (unpaired) electrons. The van der Waals surface area contributed by atoms with E-state index >= 15 is 0 Å². The zero-order valence-electron chi connectivity index (χ0n) is 9.63. The third-order valence-electron chi connectivity index (χ3n) is 3.14. The second-order valence-electron chi connectivity index (χ2n) is 4.52. The minimum atomic E-state index is -0.733. The van der Waals surface area contributed by atoms with E-state index in [1.807, 2.05) is 0 Å². The monoisotopic (exact) mass is 214 g/mol. The van der Waals surface area contributed by atoms with E-state index < -0.39 is 5.97 Å². The summed E-state index contributed by atoms with van der Waals surface area (Å²) in [5.41, 5.74) is -0.307. The van der Waals surface area contributed by atoms with Gasteiger partial charge in [-0.2, -0.15) is 0 Å². The molecule has 3 nitrogen and oxygen atoms in total. The highest BCUT2D eigenvalue weighted by Crippen LogP contribution is 2.38. The minimum Gasteiger partial charge on any atom is -0.481 e. The number of rotatable bonds is 8. The van der Waals surface area contributed by atoms with Gasteiger partial charge in [0.15, 0.2) is 0 Å². The molecule has 0 aromatic rings. The Morgan fingerprint density at radius 3 is 2.53 bits per heavy atom. The van der Waals surface area contributed by atoms with E-state index in [9.17, 15) is 4.79 Å². The predicted octanol–water partition coefficient (Wildman–Crippen LogP) is 2.98. The van der Waals surface area contributed by atoms with Gasteiger partial charge in [0.2, 0.25) is 0 Å². The van der Waals surface area contributed by atoms with Crippen molar-refractivity contribution in [1.82, 2.24) is 0 Å². The molecule has 1 aliphatic carbocycles.